The normalized spacial score (nSPS) is 17.1. The van der Waals surface area contributed by atoms with Crippen molar-refractivity contribution >= 4 is 16.7 Å². The van der Waals surface area contributed by atoms with Gasteiger partial charge in [-0.05, 0) is 70.2 Å². The van der Waals surface area contributed by atoms with Crippen LogP contribution in [0.2, 0.25) is 0 Å². The van der Waals surface area contributed by atoms with Crippen LogP contribution in [-0.4, -0.2) is 5.91 Å². The molecule has 4 aromatic rings. The van der Waals surface area contributed by atoms with Gasteiger partial charge in [0.1, 0.15) is 0 Å². The maximum absolute atomic E-state index is 14.1. The summed E-state index contributed by atoms with van der Waals surface area (Å²) in [5.41, 5.74) is 6.33. The molecular weight excluding hydrogens is 414 g/mol. The summed E-state index contributed by atoms with van der Waals surface area (Å²) in [7, 11) is 0. The largest absolute Gasteiger partial charge is 0.345 e. The quantitative estimate of drug-likeness (QED) is 0.336. The summed E-state index contributed by atoms with van der Waals surface area (Å²) in [5, 5.41) is 6.21. The zero-order chi connectivity index (χ0) is 22.9. The second-order valence-electron chi connectivity index (χ2n) is 9.94. The van der Waals surface area contributed by atoms with E-state index in [9.17, 15) is 4.79 Å². The Morgan fingerprint density at radius 2 is 1.35 bits per heavy atom. The number of rotatable bonds is 6. The smallest absolute Gasteiger partial charge is 0.228 e. The molecule has 1 N–H and O–H groups in total. The molecule has 2 heteroatoms. The molecule has 0 saturated heterocycles. The van der Waals surface area contributed by atoms with Gasteiger partial charge in [0.25, 0.3) is 0 Å². The van der Waals surface area contributed by atoms with E-state index in [-0.39, 0.29) is 17.9 Å². The van der Waals surface area contributed by atoms with E-state index in [4.69, 9.17) is 0 Å². The Morgan fingerprint density at radius 3 is 2.06 bits per heavy atom. The molecule has 6 rings (SSSR count). The second kappa shape index (κ2) is 9.10. The molecule has 0 aromatic heterocycles. The van der Waals surface area contributed by atoms with Gasteiger partial charge in [0.2, 0.25) is 5.91 Å². The van der Waals surface area contributed by atoms with E-state index in [2.05, 4.69) is 84.2 Å². The fourth-order valence-electron chi connectivity index (χ4n) is 6.33. The number of aryl methyl sites for hydroxylation is 2. The van der Waals surface area contributed by atoms with Crippen molar-refractivity contribution in [2.24, 2.45) is 5.92 Å². The highest BCUT2D eigenvalue weighted by Gasteiger charge is 2.34. The standard InChI is InChI=1S/C32H31NO/c34-32(30(23-12-7-8-13-23)22-10-3-1-4-11-22)33-31(26-14-5-2-6-15-26)28-21-20-25-19-18-24-16-9-17-27(28)29(24)25/h1-6,9-11,14-17,20-21,23,30-31H,7-8,12-13,18-19H2,(H,33,34)/t30-,31-/m0/s1. The maximum atomic E-state index is 14.1. The lowest BCUT2D eigenvalue weighted by atomic mass is 9.83. The molecule has 4 aromatic carbocycles. The predicted octanol–water partition coefficient (Wildman–Crippen LogP) is 7.12. The zero-order valence-corrected chi connectivity index (χ0v) is 19.5. The van der Waals surface area contributed by atoms with E-state index in [1.165, 1.54) is 40.3 Å². The van der Waals surface area contributed by atoms with Crippen LogP contribution in [0.5, 0.6) is 0 Å². The molecule has 0 heterocycles. The second-order valence-corrected chi connectivity index (χ2v) is 9.94. The summed E-state index contributed by atoms with van der Waals surface area (Å²) in [6.07, 6.45) is 6.91. The maximum Gasteiger partial charge on any atom is 0.228 e. The lowest BCUT2D eigenvalue weighted by Crippen LogP contribution is -2.36. The van der Waals surface area contributed by atoms with Crippen LogP contribution < -0.4 is 5.32 Å². The first-order valence-corrected chi connectivity index (χ1v) is 12.7. The van der Waals surface area contributed by atoms with Gasteiger partial charge in [-0.3, -0.25) is 4.79 Å². The minimum atomic E-state index is -0.175. The van der Waals surface area contributed by atoms with Gasteiger partial charge >= 0.3 is 0 Å². The van der Waals surface area contributed by atoms with Crippen LogP contribution >= 0.6 is 0 Å². The first kappa shape index (κ1) is 21.2. The van der Waals surface area contributed by atoms with Gasteiger partial charge in [0.15, 0.2) is 0 Å². The number of hydrogen-bond donors (Lipinski definition) is 1. The van der Waals surface area contributed by atoms with Gasteiger partial charge in [0.05, 0.1) is 12.0 Å². The Hall–Kier alpha value is -3.39. The Kier molecular flexibility index (Phi) is 5.66. The minimum Gasteiger partial charge on any atom is -0.345 e. The number of benzene rings is 4. The van der Waals surface area contributed by atoms with E-state index in [1.807, 2.05) is 12.1 Å². The SMILES string of the molecule is O=C(N[C@@H](c1ccccc1)c1ccc2c3c(cccc13)CC2)[C@@H](c1ccccc1)C1CCCC1. The molecule has 1 saturated carbocycles. The lowest BCUT2D eigenvalue weighted by molar-refractivity contribution is -0.124. The van der Waals surface area contributed by atoms with Crippen LogP contribution in [0.4, 0.5) is 0 Å². The Morgan fingerprint density at radius 1 is 0.706 bits per heavy atom. The van der Waals surface area contributed by atoms with Crippen molar-refractivity contribution in [2.45, 2.75) is 50.5 Å². The molecule has 0 unspecified atom stereocenters. The number of carbonyl (C=O) groups is 1. The summed E-state index contributed by atoms with van der Waals surface area (Å²) in [5.74, 6) is 0.452. The number of nitrogens with one attached hydrogen (secondary N) is 1. The number of amides is 1. The van der Waals surface area contributed by atoms with Gasteiger partial charge in [0, 0.05) is 0 Å². The molecule has 2 nitrogen and oxygen atoms in total. The van der Waals surface area contributed by atoms with Crippen LogP contribution in [0.25, 0.3) is 10.8 Å². The predicted molar refractivity (Wildman–Crippen MR) is 139 cm³/mol. The molecular formula is C32H31NO. The van der Waals surface area contributed by atoms with Crippen molar-refractivity contribution in [3.63, 3.8) is 0 Å². The molecule has 34 heavy (non-hydrogen) atoms. The first-order valence-electron chi connectivity index (χ1n) is 12.7. The Labute approximate surface area is 202 Å². The molecule has 2 atom stereocenters. The van der Waals surface area contributed by atoms with Crippen LogP contribution in [0, 0.1) is 5.92 Å². The van der Waals surface area contributed by atoms with E-state index in [0.717, 1.165) is 36.8 Å². The van der Waals surface area contributed by atoms with E-state index < -0.39 is 0 Å². The summed E-state index contributed by atoms with van der Waals surface area (Å²) < 4.78 is 0. The summed E-state index contributed by atoms with van der Waals surface area (Å²) in [4.78, 5) is 14.1. The zero-order valence-electron chi connectivity index (χ0n) is 19.5. The number of hydrogen-bond acceptors (Lipinski definition) is 1. The van der Waals surface area contributed by atoms with E-state index in [0.29, 0.717) is 5.92 Å². The molecule has 1 amide bonds. The fraction of sp³-hybridized carbons (Fsp3) is 0.281. The van der Waals surface area contributed by atoms with Crippen molar-refractivity contribution < 1.29 is 4.79 Å². The topological polar surface area (TPSA) is 29.1 Å². The van der Waals surface area contributed by atoms with Crippen molar-refractivity contribution in [3.05, 3.63) is 119 Å². The monoisotopic (exact) mass is 445 g/mol. The average molecular weight is 446 g/mol. The average Bonchev–Trinajstić information content (AvgIpc) is 3.56. The lowest BCUT2D eigenvalue weighted by Gasteiger charge is -2.28. The van der Waals surface area contributed by atoms with Crippen molar-refractivity contribution in [1.82, 2.24) is 5.32 Å². The van der Waals surface area contributed by atoms with Gasteiger partial charge in [-0.15, -0.1) is 0 Å². The van der Waals surface area contributed by atoms with Crippen molar-refractivity contribution in [2.75, 3.05) is 0 Å². The molecule has 170 valence electrons. The van der Waals surface area contributed by atoms with Crippen molar-refractivity contribution in [3.8, 4) is 0 Å². The van der Waals surface area contributed by atoms with Crippen molar-refractivity contribution in [1.29, 1.82) is 0 Å². The summed E-state index contributed by atoms with van der Waals surface area (Å²) >= 11 is 0. The van der Waals surface area contributed by atoms with Gasteiger partial charge in [-0.25, -0.2) is 0 Å². The third-order valence-electron chi connectivity index (χ3n) is 7.95. The third kappa shape index (κ3) is 3.81. The Balaban J connectivity index is 1.43. The molecule has 0 radical (unpaired) electrons. The third-order valence-corrected chi connectivity index (χ3v) is 7.95. The highest BCUT2D eigenvalue weighted by molar-refractivity contribution is 5.94. The van der Waals surface area contributed by atoms with Gasteiger partial charge < -0.3 is 5.32 Å². The van der Waals surface area contributed by atoms with Gasteiger partial charge in [-0.2, -0.15) is 0 Å². The summed E-state index contributed by atoms with van der Waals surface area (Å²) in [6, 6.07) is 31.9. The molecule has 2 aliphatic rings. The molecule has 1 fully saturated rings. The number of carbonyl (C=O) groups excluding carboxylic acids is 1. The molecule has 0 spiro atoms. The first-order chi connectivity index (χ1) is 16.8. The highest BCUT2D eigenvalue weighted by atomic mass is 16.2. The van der Waals surface area contributed by atoms with Crippen LogP contribution in [0.15, 0.2) is 91.0 Å². The van der Waals surface area contributed by atoms with Crippen LogP contribution in [0.3, 0.4) is 0 Å². The molecule has 2 aliphatic carbocycles. The van der Waals surface area contributed by atoms with Crippen LogP contribution in [-0.2, 0) is 17.6 Å². The van der Waals surface area contributed by atoms with Gasteiger partial charge in [-0.1, -0.05) is 104 Å². The molecule has 0 aliphatic heterocycles. The summed E-state index contributed by atoms with van der Waals surface area (Å²) in [6.45, 7) is 0. The Bertz CT molecular complexity index is 1290. The van der Waals surface area contributed by atoms with E-state index >= 15 is 0 Å². The molecule has 0 bridgehead atoms. The van der Waals surface area contributed by atoms with E-state index in [1.54, 1.807) is 0 Å². The van der Waals surface area contributed by atoms with Crippen LogP contribution in [0.1, 0.15) is 65.5 Å². The fourth-order valence-corrected chi connectivity index (χ4v) is 6.33. The highest BCUT2D eigenvalue weighted by Crippen LogP contribution is 2.40. The minimum absolute atomic E-state index is 0.105.